The highest BCUT2D eigenvalue weighted by Crippen LogP contribution is 2.26. The van der Waals surface area contributed by atoms with Gasteiger partial charge in [0, 0.05) is 23.7 Å². The molecule has 0 radical (unpaired) electrons. The average molecular weight is 331 g/mol. The molecule has 1 fully saturated rings. The molecule has 0 unspecified atom stereocenters. The van der Waals surface area contributed by atoms with Crippen LogP contribution in [0.15, 0.2) is 27.6 Å². The van der Waals surface area contributed by atoms with Gasteiger partial charge in [-0.1, -0.05) is 11.2 Å². The van der Waals surface area contributed by atoms with Crippen LogP contribution >= 0.6 is 11.8 Å². The summed E-state index contributed by atoms with van der Waals surface area (Å²) >= 11 is 1.95. The molecule has 1 saturated heterocycles. The normalized spacial score (nSPS) is 19.2. The van der Waals surface area contributed by atoms with E-state index in [4.69, 9.17) is 4.52 Å². The van der Waals surface area contributed by atoms with Gasteiger partial charge in [0.2, 0.25) is 5.89 Å². The highest BCUT2D eigenvalue weighted by atomic mass is 32.2. The number of hydrogen-bond donors (Lipinski definition) is 0. The molecule has 1 aromatic heterocycles. The lowest BCUT2D eigenvalue weighted by molar-refractivity contribution is 0.196. The summed E-state index contributed by atoms with van der Waals surface area (Å²) < 4.78 is 5.36. The van der Waals surface area contributed by atoms with Crippen LogP contribution < -0.4 is 0 Å². The number of rotatable bonds is 5. The maximum Gasteiger partial charge on any atom is 0.231 e. The summed E-state index contributed by atoms with van der Waals surface area (Å²) in [4.78, 5) is 8.30. The maximum absolute atomic E-state index is 5.36. The second-order valence-electron chi connectivity index (χ2n) is 6.41. The van der Waals surface area contributed by atoms with Crippen molar-refractivity contribution in [1.82, 2.24) is 15.0 Å². The highest BCUT2D eigenvalue weighted by Gasteiger charge is 2.25. The maximum atomic E-state index is 5.36. The molecule has 5 heteroatoms. The Kier molecular flexibility index (Phi) is 5.38. The zero-order valence-corrected chi connectivity index (χ0v) is 15.0. The van der Waals surface area contributed by atoms with E-state index < -0.39 is 0 Å². The van der Waals surface area contributed by atoms with Gasteiger partial charge in [0.15, 0.2) is 5.82 Å². The van der Waals surface area contributed by atoms with Crippen LogP contribution in [0.1, 0.15) is 41.6 Å². The fourth-order valence-corrected chi connectivity index (χ4v) is 4.04. The van der Waals surface area contributed by atoms with Gasteiger partial charge in [-0.15, -0.1) is 11.8 Å². The average Bonchev–Trinajstić information content (AvgIpc) is 2.98. The smallest absolute Gasteiger partial charge is 0.231 e. The van der Waals surface area contributed by atoms with Crippen LogP contribution in [0.2, 0.25) is 0 Å². The van der Waals surface area contributed by atoms with Gasteiger partial charge in [-0.25, -0.2) is 0 Å². The van der Waals surface area contributed by atoms with Gasteiger partial charge in [0.1, 0.15) is 0 Å². The van der Waals surface area contributed by atoms with Crippen molar-refractivity contribution in [2.45, 2.75) is 44.4 Å². The lowest BCUT2D eigenvalue weighted by atomic mass is 9.98. The van der Waals surface area contributed by atoms with Crippen molar-refractivity contribution >= 4 is 11.8 Å². The molecule has 124 valence electrons. The van der Waals surface area contributed by atoms with Gasteiger partial charge < -0.3 is 9.42 Å². The van der Waals surface area contributed by atoms with Gasteiger partial charge in [0.05, 0.1) is 5.92 Å². The monoisotopic (exact) mass is 331 g/mol. The number of piperidine rings is 1. The minimum Gasteiger partial charge on any atom is -0.339 e. The van der Waals surface area contributed by atoms with Crippen LogP contribution in [0.4, 0.5) is 0 Å². The molecular weight excluding hydrogens is 306 g/mol. The minimum absolute atomic E-state index is 0.400. The Morgan fingerprint density at radius 3 is 2.87 bits per heavy atom. The van der Waals surface area contributed by atoms with Gasteiger partial charge in [-0.05, 0) is 63.4 Å². The first kappa shape index (κ1) is 16.5. The minimum atomic E-state index is 0.400. The van der Waals surface area contributed by atoms with E-state index >= 15 is 0 Å². The first-order valence-corrected chi connectivity index (χ1v) is 9.33. The molecule has 0 saturated carbocycles. The van der Waals surface area contributed by atoms with Crippen molar-refractivity contribution in [3.8, 4) is 0 Å². The number of aromatic nitrogens is 2. The first-order valence-electron chi connectivity index (χ1n) is 8.34. The number of hydrogen-bond acceptors (Lipinski definition) is 5. The Balaban J connectivity index is 1.49. The van der Waals surface area contributed by atoms with Crippen molar-refractivity contribution in [3.63, 3.8) is 0 Å². The van der Waals surface area contributed by atoms with E-state index in [0.717, 1.165) is 37.0 Å². The van der Waals surface area contributed by atoms with Crippen LogP contribution in [0, 0.1) is 20.8 Å². The summed E-state index contributed by atoms with van der Waals surface area (Å²) in [6.07, 6.45) is 2.36. The van der Waals surface area contributed by atoms with E-state index in [2.05, 4.69) is 47.1 Å². The van der Waals surface area contributed by atoms with E-state index in [-0.39, 0.29) is 0 Å². The van der Waals surface area contributed by atoms with E-state index in [0.29, 0.717) is 5.92 Å². The molecule has 23 heavy (non-hydrogen) atoms. The molecule has 0 amide bonds. The Morgan fingerprint density at radius 2 is 2.13 bits per heavy atom. The van der Waals surface area contributed by atoms with Crippen molar-refractivity contribution < 1.29 is 4.52 Å². The summed E-state index contributed by atoms with van der Waals surface area (Å²) in [5.74, 6) is 3.07. The fourth-order valence-electron chi connectivity index (χ4n) is 3.04. The van der Waals surface area contributed by atoms with Gasteiger partial charge in [0.25, 0.3) is 0 Å². The van der Waals surface area contributed by atoms with Gasteiger partial charge in [-0.2, -0.15) is 4.98 Å². The van der Waals surface area contributed by atoms with Crippen LogP contribution in [-0.2, 0) is 0 Å². The predicted octanol–water partition coefficient (Wildman–Crippen LogP) is 3.97. The van der Waals surface area contributed by atoms with Crippen LogP contribution in [-0.4, -0.2) is 40.4 Å². The highest BCUT2D eigenvalue weighted by molar-refractivity contribution is 7.99. The number of thioether (sulfide) groups is 1. The lowest BCUT2D eigenvalue weighted by Crippen LogP contribution is -2.36. The predicted molar refractivity (Wildman–Crippen MR) is 94.1 cm³/mol. The summed E-state index contributed by atoms with van der Waals surface area (Å²) in [5, 5.41) is 3.93. The molecule has 1 aliphatic heterocycles. The molecule has 0 spiro atoms. The Labute approximate surface area is 142 Å². The SMILES string of the molecule is Cc1noc([C@H]2CCCN(CCSc3ccc(C)c(C)c3)C2)n1. The number of likely N-dealkylation sites (tertiary alicyclic amines) is 1. The lowest BCUT2D eigenvalue weighted by Gasteiger charge is -2.30. The van der Waals surface area contributed by atoms with Crippen molar-refractivity contribution in [3.05, 3.63) is 41.0 Å². The molecule has 2 aromatic rings. The van der Waals surface area contributed by atoms with Crippen molar-refractivity contribution in [2.24, 2.45) is 0 Å². The zero-order valence-electron chi connectivity index (χ0n) is 14.2. The fraction of sp³-hybridized carbons (Fsp3) is 0.556. The molecule has 4 nitrogen and oxygen atoms in total. The van der Waals surface area contributed by atoms with E-state index in [1.807, 2.05) is 18.7 Å². The third-order valence-electron chi connectivity index (χ3n) is 4.55. The van der Waals surface area contributed by atoms with Crippen LogP contribution in [0.25, 0.3) is 0 Å². The standard InChI is InChI=1S/C18H25N3OS/c1-13-6-7-17(11-14(13)2)23-10-9-21-8-4-5-16(12-21)18-19-15(3)20-22-18/h6-7,11,16H,4-5,8-10,12H2,1-3H3/t16-/m0/s1. The largest absolute Gasteiger partial charge is 0.339 e. The van der Waals surface area contributed by atoms with Crippen LogP contribution in [0.3, 0.4) is 0 Å². The number of nitrogens with zero attached hydrogens (tertiary/aromatic N) is 3. The molecule has 1 atom stereocenters. The molecule has 0 bridgehead atoms. The van der Waals surface area contributed by atoms with E-state index in [1.165, 1.54) is 29.0 Å². The molecule has 3 rings (SSSR count). The second kappa shape index (κ2) is 7.49. The first-order chi connectivity index (χ1) is 11.1. The molecule has 2 heterocycles. The number of benzene rings is 1. The molecular formula is C18H25N3OS. The Hall–Kier alpha value is -1.33. The van der Waals surface area contributed by atoms with Gasteiger partial charge in [-0.3, -0.25) is 0 Å². The second-order valence-corrected chi connectivity index (χ2v) is 7.58. The van der Waals surface area contributed by atoms with Gasteiger partial charge >= 0.3 is 0 Å². The third-order valence-corrected chi connectivity index (χ3v) is 5.53. The summed E-state index contributed by atoms with van der Waals surface area (Å²) in [6, 6.07) is 6.74. The topological polar surface area (TPSA) is 42.2 Å². The van der Waals surface area contributed by atoms with Crippen molar-refractivity contribution in [2.75, 3.05) is 25.4 Å². The number of aryl methyl sites for hydroxylation is 3. The molecule has 1 aliphatic rings. The molecule has 0 N–H and O–H groups in total. The van der Waals surface area contributed by atoms with Crippen LogP contribution in [0.5, 0.6) is 0 Å². The zero-order chi connectivity index (χ0) is 16.2. The van der Waals surface area contributed by atoms with E-state index in [9.17, 15) is 0 Å². The molecule has 1 aromatic carbocycles. The molecule has 0 aliphatic carbocycles. The quantitative estimate of drug-likeness (QED) is 0.776. The summed E-state index contributed by atoms with van der Waals surface area (Å²) in [5.41, 5.74) is 2.74. The van der Waals surface area contributed by atoms with E-state index in [1.54, 1.807) is 0 Å². The summed E-state index contributed by atoms with van der Waals surface area (Å²) in [7, 11) is 0. The summed E-state index contributed by atoms with van der Waals surface area (Å²) in [6.45, 7) is 9.55. The Bertz CT molecular complexity index is 655. The Morgan fingerprint density at radius 1 is 1.26 bits per heavy atom. The van der Waals surface area contributed by atoms with Crippen molar-refractivity contribution in [1.29, 1.82) is 0 Å². The third kappa shape index (κ3) is 4.36.